The Labute approximate surface area is 132 Å². The molecule has 0 N–H and O–H groups in total. The monoisotopic (exact) mass is 316 g/mol. The van der Waals surface area contributed by atoms with Crippen molar-refractivity contribution in [1.29, 1.82) is 0 Å². The van der Waals surface area contributed by atoms with Gasteiger partial charge in [0, 0.05) is 10.6 Å². The fourth-order valence-corrected chi connectivity index (χ4v) is 3.76. The Morgan fingerprint density at radius 2 is 2.05 bits per heavy atom. The first kappa shape index (κ1) is 14.9. The highest BCUT2D eigenvalue weighted by Gasteiger charge is 2.33. The summed E-state index contributed by atoms with van der Waals surface area (Å²) < 4.78 is 10.6. The van der Waals surface area contributed by atoms with Gasteiger partial charge in [-0.05, 0) is 32.0 Å². The Morgan fingerprint density at radius 1 is 1.32 bits per heavy atom. The molecule has 1 atom stereocenters. The second kappa shape index (κ2) is 6.01. The summed E-state index contributed by atoms with van der Waals surface area (Å²) in [6.07, 6.45) is 0. The van der Waals surface area contributed by atoms with Crippen molar-refractivity contribution in [2.75, 3.05) is 12.4 Å². The summed E-state index contributed by atoms with van der Waals surface area (Å²) in [7, 11) is 0. The first-order valence-electron chi connectivity index (χ1n) is 7.04. The molecule has 5 heteroatoms. The zero-order chi connectivity index (χ0) is 15.7. The third kappa shape index (κ3) is 2.95. The molecule has 0 radical (unpaired) electrons. The van der Waals surface area contributed by atoms with Crippen LogP contribution >= 0.6 is 11.8 Å². The van der Waals surface area contributed by atoms with Crippen molar-refractivity contribution in [3.63, 3.8) is 0 Å². The number of fused-ring (bicyclic) bond motifs is 1. The van der Waals surface area contributed by atoms with Gasteiger partial charge in [-0.15, -0.1) is 11.8 Å². The predicted octanol–water partition coefficient (Wildman–Crippen LogP) is 3.09. The van der Waals surface area contributed by atoms with Gasteiger partial charge < -0.3 is 9.15 Å². The Morgan fingerprint density at radius 3 is 2.77 bits per heavy atom. The van der Waals surface area contributed by atoms with Crippen LogP contribution in [0.1, 0.15) is 22.8 Å². The largest absolute Gasteiger partial charge is 0.486 e. The second-order valence-corrected chi connectivity index (χ2v) is 6.42. The Kier molecular flexibility index (Phi) is 4.07. The lowest BCUT2D eigenvalue weighted by molar-refractivity contribution is -0.122. The molecule has 0 spiro atoms. The molecule has 0 saturated carbocycles. The number of hydrogen-bond acceptors (Lipinski definition) is 5. The highest BCUT2D eigenvalue weighted by atomic mass is 32.2. The Hall–Kier alpha value is -2.01. The highest BCUT2D eigenvalue weighted by Crippen LogP contribution is 2.38. The standard InChI is InChI=1S/C17H16O4S/c1-10-3-5-12(6-4-10)20-8-14(18)13-9-22-15-7-11(2)21-17(19)16(13)15/h3-7,13H,8-9H2,1-2H3. The van der Waals surface area contributed by atoms with Gasteiger partial charge in [0.25, 0.3) is 0 Å². The average Bonchev–Trinajstić information content (AvgIpc) is 2.90. The summed E-state index contributed by atoms with van der Waals surface area (Å²) in [5.74, 6) is 1.26. The topological polar surface area (TPSA) is 56.5 Å². The Balaban J connectivity index is 1.73. The van der Waals surface area contributed by atoms with Gasteiger partial charge in [-0.25, -0.2) is 4.79 Å². The lowest BCUT2D eigenvalue weighted by atomic mass is 9.99. The van der Waals surface area contributed by atoms with Gasteiger partial charge >= 0.3 is 5.63 Å². The van der Waals surface area contributed by atoms with E-state index in [1.807, 2.05) is 37.3 Å². The van der Waals surface area contributed by atoms with Gasteiger partial charge in [0.15, 0.2) is 5.78 Å². The van der Waals surface area contributed by atoms with E-state index in [4.69, 9.17) is 9.15 Å². The summed E-state index contributed by atoms with van der Waals surface area (Å²) in [6, 6.07) is 9.33. The van der Waals surface area contributed by atoms with E-state index in [-0.39, 0.29) is 12.4 Å². The highest BCUT2D eigenvalue weighted by molar-refractivity contribution is 7.99. The Bertz CT molecular complexity index is 761. The first-order valence-corrected chi connectivity index (χ1v) is 8.03. The predicted molar refractivity (Wildman–Crippen MR) is 84.9 cm³/mol. The number of rotatable bonds is 4. The van der Waals surface area contributed by atoms with Crippen LogP contribution in [0.5, 0.6) is 5.75 Å². The fraction of sp³-hybridized carbons (Fsp3) is 0.294. The van der Waals surface area contributed by atoms with Crippen molar-refractivity contribution in [1.82, 2.24) is 0 Å². The van der Waals surface area contributed by atoms with Gasteiger partial charge in [-0.2, -0.15) is 0 Å². The van der Waals surface area contributed by atoms with E-state index >= 15 is 0 Å². The molecule has 1 unspecified atom stereocenters. The van der Waals surface area contributed by atoms with Crippen molar-refractivity contribution in [2.24, 2.45) is 0 Å². The van der Waals surface area contributed by atoms with Crippen LogP contribution in [0.4, 0.5) is 0 Å². The van der Waals surface area contributed by atoms with Crippen LogP contribution in [0, 0.1) is 13.8 Å². The maximum atomic E-state index is 12.4. The number of Topliss-reactive ketones (excluding diaryl/α,β-unsaturated/α-hetero) is 1. The molecular formula is C17H16O4S. The summed E-state index contributed by atoms with van der Waals surface area (Å²) >= 11 is 1.52. The van der Waals surface area contributed by atoms with Gasteiger partial charge in [0.05, 0.1) is 11.5 Å². The molecular weight excluding hydrogens is 300 g/mol. The summed E-state index contributed by atoms with van der Waals surface area (Å²) in [6.45, 7) is 3.68. The van der Waals surface area contributed by atoms with Gasteiger partial charge in [0.2, 0.25) is 0 Å². The molecule has 0 aliphatic carbocycles. The lowest BCUT2D eigenvalue weighted by Gasteiger charge is -2.10. The maximum Gasteiger partial charge on any atom is 0.340 e. The number of benzene rings is 1. The number of thioether (sulfide) groups is 1. The SMILES string of the molecule is Cc1ccc(OCC(=O)C2CSc3cc(C)oc(=O)c32)cc1. The summed E-state index contributed by atoms with van der Waals surface area (Å²) in [4.78, 5) is 25.2. The van der Waals surface area contributed by atoms with Crippen LogP contribution in [0.15, 0.2) is 44.4 Å². The van der Waals surface area contributed by atoms with Crippen LogP contribution in [0.2, 0.25) is 0 Å². The van der Waals surface area contributed by atoms with Crippen LogP contribution in [0.25, 0.3) is 0 Å². The van der Waals surface area contributed by atoms with E-state index in [2.05, 4.69) is 0 Å². The number of ketones is 1. The number of ether oxygens (including phenoxy) is 1. The zero-order valence-electron chi connectivity index (χ0n) is 12.4. The smallest absolute Gasteiger partial charge is 0.340 e. The minimum Gasteiger partial charge on any atom is -0.486 e. The minimum atomic E-state index is -0.442. The first-order chi connectivity index (χ1) is 10.5. The summed E-state index contributed by atoms with van der Waals surface area (Å²) in [5.41, 5.74) is 1.20. The number of carbonyl (C=O) groups is 1. The molecule has 3 rings (SSSR count). The maximum absolute atomic E-state index is 12.4. The number of carbonyl (C=O) groups excluding carboxylic acids is 1. The quantitative estimate of drug-likeness (QED) is 0.867. The van der Waals surface area contributed by atoms with Crippen molar-refractivity contribution >= 4 is 17.5 Å². The van der Waals surface area contributed by atoms with E-state index in [1.54, 1.807) is 6.92 Å². The van der Waals surface area contributed by atoms with Gasteiger partial charge in [0.1, 0.15) is 18.1 Å². The van der Waals surface area contributed by atoms with Crippen LogP contribution < -0.4 is 10.4 Å². The molecule has 0 amide bonds. The number of hydrogen-bond donors (Lipinski definition) is 0. The fourth-order valence-electron chi connectivity index (χ4n) is 2.43. The van der Waals surface area contributed by atoms with Crippen LogP contribution in [-0.2, 0) is 4.79 Å². The van der Waals surface area contributed by atoms with Gasteiger partial charge in [-0.3, -0.25) is 4.79 Å². The molecule has 1 aliphatic heterocycles. The zero-order valence-corrected chi connectivity index (χ0v) is 13.2. The summed E-state index contributed by atoms with van der Waals surface area (Å²) in [5, 5.41) is 0. The molecule has 2 heterocycles. The van der Waals surface area contributed by atoms with E-state index < -0.39 is 11.5 Å². The van der Waals surface area contributed by atoms with Crippen LogP contribution in [0.3, 0.4) is 0 Å². The molecule has 0 saturated heterocycles. The molecule has 114 valence electrons. The average molecular weight is 316 g/mol. The van der Waals surface area contributed by atoms with E-state index in [1.165, 1.54) is 11.8 Å². The molecule has 4 nitrogen and oxygen atoms in total. The van der Waals surface area contributed by atoms with Crippen molar-refractivity contribution < 1.29 is 13.9 Å². The van der Waals surface area contributed by atoms with Crippen molar-refractivity contribution in [3.05, 3.63) is 57.6 Å². The molecule has 1 aromatic heterocycles. The van der Waals surface area contributed by atoms with Crippen molar-refractivity contribution in [2.45, 2.75) is 24.7 Å². The second-order valence-electron chi connectivity index (χ2n) is 5.35. The minimum absolute atomic E-state index is 0.0406. The lowest BCUT2D eigenvalue weighted by Crippen LogP contribution is -2.24. The van der Waals surface area contributed by atoms with E-state index in [0.29, 0.717) is 22.8 Å². The third-order valence-corrected chi connectivity index (χ3v) is 4.77. The normalized spacial score (nSPS) is 16.4. The van der Waals surface area contributed by atoms with Crippen LogP contribution in [-0.4, -0.2) is 18.1 Å². The van der Waals surface area contributed by atoms with Gasteiger partial charge in [-0.1, -0.05) is 17.7 Å². The molecule has 0 fully saturated rings. The molecule has 22 heavy (non-hydrogen) atoms. The molecule has 0 bridgehead atoms. The molecule has 1 aromatic carbocycles. The van der Waals surface area contributed by atoms with E-state index in [9.17, 15) is 9.59 Å². The molecule has 2 aromatic rings. The van der Waals surface area contributed by atoms with Crippen molar-refractivity contribution in [3.8, 4) is 5.75 Å². The number of aryl methyl sites for hydroxylation is 2. The van der Waals surface area contributed by atoms with E-state index in [0.717, 1.165) is 10.5 Å². The molecule has 1 aliphatic rings. The third-order valence-electron chi connectivity index (χ3n) is 3.62.